The molecule has 0 radical (unpaired) electrons. The number of carbonyl (C=O) groups excluding carboxylic acids is 2. The largest absolute Gasteiger partial charge is 0.468 e. The SMILES string of the molecule is COC(=O)CS/C=C(\NC(=O)C(C)(C)C)[P+](c1ccccc1)(c1ccccc1)c1ccccc1.[O-][Cl+3]([O-])([O-])[O-]. The summed E-state index contributed by atoms with van der Waals surface area (Å²) in [6, 6.07) is 30.9. The Morgan fingerprint density at radius 1 is 0.821 bits per heavy atom. The fourth-order valence-corrected chi connectivity index (χ4v) is 8.83. The first kappa shape index (κ1) is 32.5. The molecular formula is C28H31ClNO7PS. The second kappa shape index (κ2) is 14.6. The summed E-state index contributed by atoms with van der Waals surface area (Å²) in [6.07, 6.45) is 0. The summed E-state index contributed by atoms with van der Waals surface area (Å²) in [5.74, 6) is -0.237. The van der Waals surface area contributed by atoms with Gasteiger partial charge in [0.25, 0.3) is 0 Å². The van der Waals surface area contributed by atoms with E-state index in [2.05, 4.69) is 41.7 Å². The summed E-state index contributed by atoms with van der Waals surface area (Å²) in [6.45, 7) is 5.69. The molecule has 3 aromatic rings. The zero-order valence-corrected chi connectivity index (χ0v) is 24.5. The lowest BCUT2D eigenvalue weighted by atomic mass is 9.96. The van der Waals surface area contributed by atoms with Gasteiger partial charge in [0.2, 0.25) is 5.91 Å². The Morgan fingerprint density at radius 3 is 1.49 bits per heavy atom. The number of methoxy groups -OCH3 is 1. The van der Waals surface area contributed by atoms with Gasteiger partial charge >= 0.3 is 5.97 Å². The molecule has 39 heavy (non-hydrogen) atoms. The molecule has 1 N–H and O–H groups in total. The zero-order chi connectivity index (χ0) is 29.1. The number of amides is 1. The van der Waals surface area contributed by atoms with Crippen LogP contribution in [0.2, 0.25) is 0 Å². The van der Waals surface area contributed by atoms with Crippen molar-refractivity contribution in [3.05, 3.63) is 102 Å². The van der Waals surface area contributed by atoms with Gasteiger partial charge in [0.15, 0.2) is 12.7 Å². The minimum Gasteiger partial charge on any atom is -0.468 e. The highest BCUT2D eigenvalue weighted by atomic mass is 35.7. The van der Waals surface area contributed by atoms with Crippen LogP contribution < -0.4 is 39.9 Å². The lowest BCUT2D eigenvalue weighted by molar-refractivity contribution is -2.00. The molecule has 0 aromatic heterocycles. The second-order valence-electron chi connectivity index (χ2n) is 9.15. The van der Waals surface area contributed by atoms with Gasteiger partial charge in [0, 0.05) is 10.8 Å². The molecule has 0 bridgehead atoms. The number of benzene rings is 3. The third kappa shape index (κ3) is 9.74. The Kier molecular flexibility index (Phi) is 12.1. The average Bonchev–Trinajstić information content (AvgIpc) is 2.89. The maximum absolute atomic E-state index is 13.3. The van der Waals surface area contributed by atoms with Crippen molar-refractivity contribution in [2.24, 2.45) is 5.41 Å². The smallest absolute Gasteiger partial charge is 0.315 e. The molecule has 0 aliphatic carbocycles. The van der Waals surface area contributed by atoms with E-state index in [0.29, 0.717) is 0 Å². The summed E-state index contributed by atoms with van der Waals surface area (Å²) >= 11 is 1.33. The van der Waals surface area contributed by atoms with E-state index in [1.807, 2.05) is 80.8 Å². The van der Waals surface area contributed by atoms with Crippen LogP contribution in [-0.2, 0) is 14.3 Å². The quantitative estimate of drug-likeness (QED) is 0.286. The van der Waals surface area contributed by atoms with Crippen LogP contribution in [0.15, 0.2) is 102 Å². The maximum Gasteiger partial charge on any atom is 0.315 e. The van der Waals surface area contributed by atoms with Gasteiger partial charge in [-0.05, 0) is 36.4 Å². The maximum atomic E-state index is 13.3. The van der Waals surface area contributed by atoms with Crippen LogP contribution in [0.5, 0.6) is 0 Å². The van der Waals surface area contributed by atoms with E-state index >= 15 is 0 Å². The molecule has 1 amide bonds. The second-order valence-corrected chi connectivity index (χ2v) is 14.1. The Bertz CT molecular complexity index is 1130. The molecule has 0 heterocycles. The van der Waals surface area contributed by atoms with Crippen molar-refractivity contribution in [3.8, 4) is 0 Å². The monoisotopic (exact) mass is 591 g/mol. The van der Waals surface area contributed by atoms with Crippen LogP contribution in [0, 0.1) is 15.7 Å². The minimum atomic E-state index is -4.94. The van der Waals surface area contributed by atoms with Gasteiger partial charge in [-0.2, -0.15) is 0 Å². The number of esters is 1. The van der Waals surface area contributed by atoms with Crippen molar-refractivity contribution in [1.29, 1.82) is 0 Å². The van der Waals surface area contributed by atoms with Crippen molar-refractivity contribution >= 4 is 46.8 Å². The van der Waals surface area contributed by atoms with E-state index in [0.717, 1.165) is 21.4 Å². The Balaban J connectivity index is 0.000000976. The highest BCUT2D eigenvalue weighted by molar-refractivity contribution is 8.04. The number of hydrogen-bond donors (Lipinski definition) is 1. The third-order valence-electron chi connectivity index (χ3n) is 5.34. The molecule has 0 unspecified atom stereocenters. The number of thioether (sulfide) groups is 1. The summed E-state index contributed by atoms with van der Waals surface area (Å²) in [5, 5.41) is 8.57. The fourth-order valence-electron chi connectivity index (χ4n) is 3.56. The van der Waals surface area contributed by atoms with Crippen molar-refractivity contribution in [3.63, 3.8) is 0 Å². The van der Waals surface area contributed by atoms with E-state index in [9.17, 15) is 9.59 Å². The molecule has 3 rings (SSSR count). The predicted octanol–water partition coefficient (Wildman–Crippen LogP) is 0.0919. The van der Waals surface area contributed by atoms with Gasteiger partial charge in [-0.1, -0.05) is 75.4 Å². The fraction of sp³-hybridized carbons (Fsp3) is 0.214. The van der Waals surface area contributed by atoms with E-state index < -0.39 is 22.9 Å². The number of hydrogen-bond acceptors (Lipinski definition) is 8. The van der Waals surface area contributed by atoms with Gasteiger partial charge in [-0.25, -0.2) is 18.6 Å². The van der Waals surface area contributed by atoms with E-state index in [1.165, 1.54) is 18.9 Å². The van der Waals surface area contributed by atoms with Crippen LogP contribution >= 0.6 is 19.0 Å². The molecule has 0 saturated heterocycles. The molecule has 3 aromatic carbocycles. The Morgan fingerprint density at radius 2 is 1.18 bits per heavy atom. The van der Waals surface area contributed by atoms with Crippen LogP contribution in [0.1, 0.15) is 20.8 Å². The van der Waals surface area contributed by atoms with E-state index in [-0.39, 0.29) is 17.6 Å². The standard InChI is InChI=1S/C28H30NO3PS.ClHO4/c1-28(2,3)27(31)29-25(20-34-21-26(30)32-4)33(22-14-8-5-9-15-22,23-16-10-6-11-17-23)24-18-12-7-13-19-24;2-1(3,4)5/h5-20H,21H2,1-4H3;(H,2,3,4,5)/b25-20+;. The zero-order valence-electron chi connectivity index (χ0n) is 22.0. The van der Waals surface area contributed by atoms with Gasteiger partial charge in [-0.3, -0.25) is 14.9 Å². The van der Waals surface area contributed by atoms with Crippen molar-refractivity contribution in [1.82, 2.24) is 5.32 Å². The summed E-state index contributed by atoms with van der Waals surface area (Å²) in [4.78, 5) is 25.2. The number of ether oxygens (including phenoxy) is 1. The molecule has 11 heteroatoms. The molecule has 0 fully saturated rings. The first-order valence-corrected chi connectivity index (χ1v) is 15.8. The Hall–Kier alpha value is -2.75. The molecule has 0 spiro atoms. The van der Waals surface area contributed by atoms with E-state index in [1.54, 1.807) is 0 Å². The van der Waals surface area contributed by atoms with Crippen LogP contribution in [0.3, 0.4) is 0 Å². The van der Waals surface area contributed by atoms with Crippen molar-refractivity contribution in [2.45, 2.75) is 20.8 Å². The molecule has 208 valence electrons. The number of nitrogens with one attached hydrogen (secondary N) is 1. The lowest BCUT2D eigenvalue weighted by Gasteiger charge is -2.30. The van der Waals surface area contributed by atoms with Crippen LogP contribution in [-0.4, -0.2) is 24.7 Å². The average molecular weight is 592 g/mol. The molecule has 0 atom stereocenters. The van der Waals surface area contributed by atoms with Crippen LogP contribution in [0.4, 0.5) is 0 Å². The Labute approximate surface area is 235 Å². The topological polar surface area (TPSA) is 148 Å². The molecule has 0 saturated carbocycles. The number of rotatable bonds is 8. The van der Waals surface area contributed by atoms with Gasteiger partial charge in [0.1, 0.15) is 15.9 Å². The molecular weight excluding hydrogens is 561 g/mol. The van der Waals surface area contributed by atoms with Crippen molar-refractivity contribution < 1.29 is 43.2 Å². The minimum absolute atomic E-state index is 0.0791. The number of halogens is 1. The molecule has 0 aliphatic rings. The highest BCUT2D eigenvalue weighted by Gasteiger charge is 2.51. The van der Waals surface area contributed by atoms with Gasteiger partial charge < -0.3 is 4.74 Å². The first-order valence-electron chi connectivity index (χ1n) is 11.7. The summed E-state index contributed by atoms with van der Waals surface area (Å²) in [7, 11) is -6.06. The van der Waals surface area contributed by atoms with Crippen molar-refractivity contribution in [2.75, 3.05) is 12.9 Å². The van der Waals surface area contributed by atoms with E-state index in [4.69, 9.17) is 23.4 Å². The number of carbonyl (C=O) groups is 2. The summed E-state index contributed by atoms with van der Waals surface area (Å²) < 4.78 is 38.8. The lowest BCUT2D eigenvalue weighted by Crippen LogP contribution is -2.68. The molecule has 0 aliphatic heterocycles. The highest BCUT2D eigenvalue weighted by Crippen LogP contribution is 2.61. The van der Waals surface area contributed by atoms with Gasteiger partial charge in [0.05, 0.1) is 12.9 Å². The first-order chi connectivity index (χ1) is 18.3. The summed E-state index contributed by atoms with van der Waals surface area (Å²) in [5.41, 5.74) is 0.205. The van der Waals surface area contributed by atoms with Gasteiger partial charge in [-0.15, -0.1) is 22.0 Å². The third-order valence-corrected chi connectivity index (χ3v) is 10.5. The van der Waals surface area contributed by atoms with Crippen LogP contribution in [0.25, 0.3) is 0 Å². The molecule has 8 nitrogen and oxygen atoms in total. The predicted molar refractivity (Wildman–Crippen MR) is 145 cm³/mol. The normalized spacial score (nSPS) is 12.2.